The number of aliphatic hydroxyl groups is 2. The maximum Gasteiger partial charge on any atom is 0.113 e. The second-order valence-corrected chi connectivity index (χ2v) is 7.57. The molecule has 0 radical (unpaired) electrons. The van der Waals surface area contributed by atoms with Gasteiger partial charge in [-0.3, -0.25) is 0 Å². The predicted octanol–water partition coefficient (Wildman–Crippen LogP) is 3.05. The van der Waals surface area contributed by atoms with Gasteiger partial charge in [0.1, 0.15) is 12.2 Å². The molecule has 0 aromatic carbocycles. The van der Waals surface area contributed by atoms with Crippen LogP contribution in [0.25, 0.3) is 0 Å². The Balaban J connectivity index is 2.33. The van der Waals surface area contributed by atoms with Crippen molar-refractivity contribution in [2.24, 2.45) is 10.8 Å². The highest BCUT2D eigenvalue weighted by Crippen LogP contribution is 2.58. The van der Waals surface area contributed by atoms with Gasteiger partial charge < -0.3 is 14.9 Å². The fourth-order valence-electron chi connectivity index (χ4n) is 4.12. The molecule has 0 bridgehead atoms. The highest BCUT2D eigenvalue weighted by molar-refractivity contribution is 5.29. The zero-order chi connectivity index (χ0) is 15.2. The molecule has 116 valence electrons. The zero-order valence-corrected chi connectivity index (χ0v) is 13.6. The molecule has 0 spiro atoms. The lowest BCUT2D eigenvalue weighted by Gasteiger charge is -2.48. The van der Waals surface area contributed by atoms with Crippen molar-refractivity contribution >= 4 is 0 Å². The first kappa shape index (κ1) is 16.0. The Morgan fingerprint density at radius 3 is 2.35 bits per heavy atom. The molecule has 0 amide bonds. The van der Waals surface area contributed by atoms with E-state index in [0.29, 0.717) is 13.0 Å². The Morgan fingerprint density at radius 2 is 1.85 bits per heavy atom. The first-order valence-electron chi connectivity index (χ1n) is 7.88. The van der Waals surface area contributed by atoms with Gasteiger partial charge in [-0.15, -0.1) is 0 Å². The van der Waals surface area contributed by atoms with E-state index in [4.69, 9.17) is 4.74 Å². The summed E-state index contributed by atoms with van der Waals surface area (Å²) in [5.41, 5.74) is 0.487. The van der Waals surface area contributed by atoms with Crippen LogP contribution in [0.1, 0.15) is 60.3 Å². The van der Waals surface area contributed by atoms with Gasteiger partial charge in [-0.25, -0.2) is 0 Å². The van der Waals surface area contributed by atoms with E-state index in [1.807, 2.05) is 13.8 Å². The molecule has 0 aromatic rings. The van der Waals surface area contributed by atoms with Crippen LogP contribution in [-0.4, -0.2) is 34.6 Å². The van der Waals surface area contributed by atoms with E-state index in [1.54, 1.807) is 0 Å². The summed E-state index contributed by atoms with van der Waals surface area (Å²) >= 11 is 0. The largest absolute Gasteiger partial charge is 0.387 e. The normalized spacial score (nSPS) is 44.5. The molecule has 3 heteroatoms. The second-order valence-electron chi connectivity index (χ2n) is 7.57. The van der Waals surface area contributed by atoms with Gasteiger partial charge in [0.25, 0.3) is 0 Å². The lowest BCUT2D eigenvalue weighted by atomic mass is 9.60. The molecule has 1 fully saturated rings. The van der Waals surface area contributed by atoms with Gasteiger partial charge in [-0.1, -0.05) is 33.3 Å². The minimum absolute atomic E-state index is 0.0268. The van der Waals surface area contributed by atoms with Crippen LogP contribution in [0.4, 0.5) is 0 Å². The van der Waals surface area contributed by atoms with Crippen molar-refractivity contribution in [2.45, 2.75) is 78.1 Å². The minimum atomic E-state index is -0.851. The number of hydrogen-bond donors (Lipinski definition) is 2. The van der Waals surface area contributed by atoms with Gasteiger partial charge in [0.05, 0.1) is 5.60 Å². The summed E-state index contributed by atoms with van der Waals surface area (Å²) < 4.78 is 5.69. The SMILES string of the molecule is CCOC1(C)CC=C(C2(C)CCCC2(C)C)C(O)C1O. The minimum Gasteiger partial charge on any atom is -0.387 e. The van der Waals surface area contributed by atoms with Crippen LogP contribution in [0.15, 0.2) is 11.6 Å². The molecular weight excluding hydrogens is 252 g/mol. The standard InChI is InChI=1S/C17H30O3/c1-6-20-17(5)11-8-12(13(18)14(17)19)16(4)10-7-9-15(16,2)3/h8,13-14,18-19H,6-7,9-11H2,1-5H3. The summed E-state index contributed by atoms with van der Waals surface area (Å²) in [6.45, 7) is 11.1. The third kappa shape index (κ3) is 2.24. The number of rotatable bonds is 3. The molecule has 0 aromatic heterocycles. The van der Waals surface area contributed by atoms with Crippen molar-refractivity contribution in [3.63, 3.8) is 0 Å². The van der Waals surface area contributed by atoms with E-state index < -0.39 is 17.8 Å². The number of hydrogen-bond acceptors (Lipinski definition) is 3. The molecule has 4 unspecified atom stereocenters. The molecule has 1 saturated carbocycles. The van der Waals surface area contributed by atoms with Crippen molar-refractivity contribution in [1.29, 1.82) is 0 Å². The van der Waals surface area contributed by atoms with E-state index in [-0.39, 0.29) is 10.8 Å². The predicted molar refractivity (Wildman–Crippen MR) is 80.5 cm³/mol. The van der Waals surface area contributed by atoms with Crippen molar-refractivity contribution in [3.8, 4) is 0 Å². The molecule has 0 aliphatic heterocycles. The Hall–Kier alpha value is -0.380. The molecule has 0 heterocycles. The highest BCUT2D eigenvalue weighted by atomic mass is 16.5. The van der Waals surface area contributed by atoms with Crippen LogP contribution in [0.2, 0.25) is 0 Å². The van der Waals surface area contributed by atoms with Crippen LogP contribution in [0, 0.1) is 10.8 Å². The Labute approximate surface area is 123 Å². The average molecular weight is 282 g/mol. The maximum absolute atomic E-state index is 10.7. The molecular formula is C17H30O3. The van der Waals surface area contributed by atoms with Crippen molar-refractivity contribution in [3.05, 3.63) is 11.6 Å². The first-order chi connectivity index (χ1) is 9.18. The lowest BCUT2D eigenvalue weighted by Crippen LogP contribution is -2.54. The van der Waals surface area contributed by atoms with E-state index >= 15 is 0 Å². The van der Waals surface area contributed by atoms with Gasteiger partial charge in [0.15, 0.2) is 0 Å². The van der Waals surface area contributed by atoms with Gasteiger partial charge >= 0.3 is 0 Å². The Morgan fingerprint density at radius 1 is 1.20 bits per heavy atom. The summed E-state index contributed by atoms with van der Waals surface area (Å²) in [5.74, 6) is 0. The third-order valence-electron chi connectivity index (χ3n) is 6.05. The van der Waals surface area contributed by atoms with Gasteiger partial charge in [0.2, 0.25) is 0 Å². The molecule has 4 atom stereocenters. The molecule has 2 aliphatic rings. The summed E-state index contributed by atoms with van der Waals surface area (Å²) in [6, 6.07) is 0. The topological polar surface area (TPSA) is 49.7 Å². The average Bonchev–Trinajstić information content (AvgIpc) is 2.62. The third-order valence-corrected chi connectivity index (χ3v) is 6.05. The molecule has 2 aliphatic carbocycles. The van der Waals surface area contributed by atoms with Crippen molar-refractivity contribution in [2.75, 3.05) is 6.61 Å². The van der Waals surface area contributed by atoms with Crippen LogP contribution in [-0.2, 0) is 4.74 Å². The molecule has 20 heavy (non-hydrogen) atoms. The molecule has 2 N–H and O–H groups in total. The quantitative estimate of drug-likeness (QED) is 0.782. The van der Waals surface area contributed by atoms with E-state index in [2.05, 4.69) is 26.8 Å². The lowest BCUT2D eigenvalue weighted by molar-refractivity contribution is -0.148. The van der Waals surface area contributed by atoms with Gasteiger partial charge in [-0.05, 0) is 49.5 Å². The van der Waals surface area contributed by atoms with Gasteiger partial charge in [0, 0.05) is 6.61 Å². The Kier molecular flexibility index (Phi) is 4.09. The van der Waals surface area contributed by atoms with Crippen LogP contribution >= 0.6 is 0 Å². The fourth-order valence-corrected chi connectivity index (χ4v) is 4.12. The highest BCUT2D eigenvalue weighted by Gasteiger charge is 2.53. The summed E-state index contributed by atoms with van der Waals surface area (Å²) in [7, 11) is 0. The molecule has 2 rings (SSSR count). The maximum atomic E-state index is 10.7. The van der Waals surface area contributed by atoms with E-state index in [0.717, 1.165) is 12.0 Å². The van der Waals surface area contributed by atoms with E-state index in [1.165, 1.54) is 12.8 Å². The molecule has 0 saturated heterocycles. The van der Waals surface area contributed by atoms with Gasteiger partial charge in [-0.2, -0.15) is 0 Å². The second kappa shape index (κ2) is 5.11. The van der Waals surface area contributed by atoms with Crippen molar-refractivity contribution < 1.29 is 14.9 Å². The molecule has 3 nitrogen and oxygen atoms in total. The van der Waals surface area contributed by atoms with E-state index in [9.17, 15) is 10.2 Å². The first-order valence-corrected chi connectivity index (χ1v) is 7.88. The zero-order valence-electron chi connectivity index (χ0n) is 13.6. The van der Waals surface area contributed by atoms with Crippen LogP contribution in [0.3, 0.4) is 0 Å². The summed E-state index contributed by atoms with van der Waals surface area (Å²) in [4.78, 5) is 0. The number of ether oxygens (including phenoxy) is 1. The smallest absolute Gasteiger partial charge is 0.113 e. The number of aliphatic hydroxyl groups excluding tert-OH is 2. The fraction of sp³-hybridized carbons (Fsp3) is 0.882. The summed E-state index contributed by atoms with van der Waals surface area (Å²) in [6.07, 6.45) is 4.57. The van der Waals surface area contributed by atoms with Crippen molar-refractivity contribution in [1.82, 2.24) is 0 Å². The summed E-state index contributed by atoms with van der Waals surface area (Å²) in [5, 5.41) is 21.2. The van der Waals surface area contributed by atoms with Crippen LogP contribution < -0.4 is 0 Å². The Bertz CT molecular complexity index is 401. The van der Waals surface area contributed by atoms with Crippen LogP contribution in [0.5, 0.6) is 0 Å². The monoisotopic (exact) mass is 282 g/mol.